The molecule has 0 radical (unpaired) electrons. The second-order valence-electron chi connectivity index (χ2n) is 5.51. The Balaban J connectivity index is 1.73. The van der Waals surface area contributed by atoms with Gasteiger partial charge in [0.15, 0.2) is 0 Å². The van der Waals surface area contributed by atoms with Gasteiger partial charge in [0.2, 0.25) is 11.9 Å². The summed E-state index contributed by atoms with van der Waals surface area (Å²) in [7, 11) is 0. The fourth-order valence-corrected chi connectivity index (χ4v) is 2.63. The van der Waals surface area contributed by atoms with E-state index in [4.69, 9.17) is 4.74 Å². The van der Waals surface area contributed by atoms with Gasteiger partial charge in [-0.2, -0.15) is 0 Å². The predicted octanol–water partition coefficient (Wildman–Crippen LogP) is 1.65. The molecule has 1 fully saturated rings. The summed E-state index contributed by atoms with van der Waals surface area (Å²) in [5.74, 6) is 0.455. The zero-order valence-electron chi connectivity index (χ0n) is 13.4. The van der Waals surface area contributed by atoms with Gasteiger partial charge in [0.1, 0.15) is 0 Å². The number of carbonyl (C=O) groups is 1. The summed E-state index contributed by atoms with van der Waals surface area (Å²) in [5.41, 5.74) is 2.06. The van der Waals surface area contributed by atoms with Crippen LogP contribution < -0.4 is 10.2 Å². The number of hydrogen-bond acceptors (Lipinski definition) is 5. The van der Waals surface area contributed by atoms with E-state index in [1.165, 1.54) is 6.08 Å². The lowest BCUT2D eigenvalue weighted by molar-refractivity contribution is -0.116. The number of benzene rings is 1. The summed E-state index contributed by atoms with van der Waals surface area (Å²) in [6.45, 7) is 5.77. The quantitative estimate of drug-likeness (QED) is 0.847. The molecule has 1 aliphatic rings. The second kappa shape index (κ2) is 7.70. The Hall–Kier alpha value is -2.73. The fourth-order valence-electron chi connectivity index (χ4n) is 2.63. The fraction of sp³-hybridized carbons (Fsp3) is 0.278. The first-order valence-corrected chi connectivity index (χ1v) is 7.90. The van der Waals surface area contributed by atoms with Crippen molar-refractivity contribution in [3.8, 4) is 11.1 Å². The largest absolute Gasteiger partial charge is 0.377 e. The molecule has 3 rings (SSSR count). The molecule has 24 heavy (non-hydrogen) atoms. The molecule has 6 nitrogen and oxygen atoms in total. The molecule has 0 aliphatic carbocycles. The molecule has 1 N–H and O–H groups in total. The summed E-state index contributed by atoms with van der Waals surface area (Å²) >= 11 is 0. The molecule has 1 aliphatic heterocycles. The van der Waals surface area contributed by atoms with Crippen LogP contribution in [0.1, 0.15) is 0 Å². The molecular weight excluding hydrogens is 304 g/mol. The van der Waals surface area contributed by atoms with Crippen LogP contribution in [0.4, 0.5) is 5.95 Å². The highest BCUT2D eigenvalue weighted by Crippen LogP contribution is 2.20. The van der Waals surface area contributed by atoms with Crippen molar-refractivity contribution in [2.24, 2.45) is 0 Å². The zero-order valence-corrected chi connectivity index (χ0v) is 13.4. The Morgan fingerprint density at radius 2 is 2.04 bits per heavy atom. The van der Waals surface area contributed by atoms with Crippen LogP contribution in [0, 0.1) is 0 Å². The van der Waals surface area contributed by atoms with Gasteiger partial charge < -0.3 is 15.0 Å². The van der Waals surface area contributed by atoms with Crippen LogP contribution in [0.3, 0.4) is 0 Å². The molecule has 0 saturated carbocycles. The van der Waals surface area contributed by atoms with Crippen molar-refractivity contribution in [2.75, 3.05) is 31.2 Å². The van der Waals surface area contributed by atoms with E-state index < -0.39 is 0 Å². The van der Waals surface area contributed by atoms with Crippen molar-refractivity contribution < 1.29 is 9.53 Å². The van der Waals surface area contributed by atoms with Crippen molar-refractivity contribution in [1.29, 1.82) is 0 Å². The van der Waals surface area contributed by atoms with Crippen molar-refractivity contribution in [3.63, 3.8) is 0 Å². The smallest absolute Gasteiger partial charge is 0.243 e. The summed E-state index contributed by atoms with van der Waals surface area (Å²) in [5, 5.41) is 2.80. The number of amides is 1. The predicted molar refractivity (Wildman–Crippen MR) is 92.6 cm³/mol. The number of anilines is 1. The van der Waals surface area contributed by atoms with Crippen LogP contribution in [0.2, 0.25) is 0 Å². The van der Waals surface area contributed by atoms with Gasteiger partial charge >= 0.3 is 0 Å². The molecule has 1 amide bonds. The minimum atomic E-state index is -0.194. The second-order valence-corrected chi connectivity index (χ2v) is 5.51. The lowest BCUT2D eigenvalue weighted by atomic mass is 10.1. The van der Waals surface area contributed by atoms with Gasteiger partial charge in [-0.3, -0.25) is 4.79 Å². The number of ether oxygens (including phenoxy) is 1. The number of nitrogens with zero attached hydrogens (tertiary/aromatic N) is 3. The molecule has 1 aromatic heterocycles. The first kappa shape index (κ1) is 16.1. The maximum atomic E-state index is 11.4. The van der Waals surface area contributed by atoms with Crippen molar-refractivity contribution in [2.45, 2.75) is 6.04 Å². The number of aromatic nitrogens is 2. The number of carbonyl (C=O) groups excluding carboxylic acids is 1. The Bertz CT molecular complexity index is 688. The highest BCUT2D eigenvalue weighted by Gasteiger charge is 2.25. The Labute approximate surface area is 141 Å². The molecule has 1 unspecified atom stereocenters. The van der Waals surface area contributed by atoms with Gasteiger partial charge in [0, 0.05) is 31.0 Å². The van der Waals surface area contributed by atoms with Crippen molar-refractivity contribution in [3.05, 3.63) is 55.4 Å². The SMILES string of the molecule is C=CC(=O)NCC1COCCN1c1ncc(-c2ccccc2)cn1. The van der Waals surface area contributed by atoms with Crippen LogP contribution in [-0.2, 0) is 9.53 Å². The lowest BCUT2D eigenvalue weighted by Crippen LogP contribution is -2.51. The van der Waals surface area contributed by atoms with Crippen LogP contribution in [0.5, 0.6) is 0 Å². The standard InChI is InChI=1S/C18H20N4O2/c1-2-17(23)19-12-16-13-24-9-8-22(16)18-20-10-15(11-21-18)14-6-4-3-5-7-14/h2-7,10-11,16H,1,8-9,12-13H2,(H,19,23). The van der Waals surface area contributed by atoms with Gasteiger partial charge in [-0.15, -0.1) is 0 Å². The van der Waals surface area contributed by atoms with E-state index in [1.807, 2.05) is 42.7 Å². The number of morpholine rings is 1. The number of nitrogens with one attached hydrogen (secondary N) is 1. The van der Waals surface area contributed by atoms with E-state index in [9.17, 15) is 4.79 Å². The molecule has 0 bridgehead atoms. The van der Waals surface area contributed by atoms with E-state index >= 15 is 0 Å². The third-order valence-corrected chi connectivity index (χ3v) is 3.93. The molecule has 1 atom stereocenters. The summed E-state index contributed by atoms with van der Waals surface area (Å²) < 4.78 is 5.52. The first-order valence-electron chi connectivity index (χ1n) is 7.90. The highest BCUT2D eigenvalue weighted by atomic mass is 16.5. The average molecular weight is 324 g/mol. The van der Waals surface area contributed by atoms with E-state index in [-0.39, 0.29) is 11.9 Å². The third-order valence-electron chi connectivity index (χ3n) is 3.93. The molecule has 6 heteroatoms. The summed E-state index contributed by atoms with van der Waals surface area (Å²) in [6.07, 6.45) is 4.91. The maximum absolute atomic E-state index is 11.4. The summed E-state index contributed by atoms with van der Waals surface area (Å²) in [4.78, 5) is 22.5. The monoisotopic (exact) mass is 324 g/mol. The van der Waals surface area contributed by atoms with E-state index in [2.05, 4.69) is 26.8 Å². The van der Waals surface area contributed by atoms with Gasteiger partial charge in [0.25, 0.3) is 0 Å². The normalized spacial score (nSPS) is 17.3. The first-order chi connectivity index (χ1) is 11.8. The molecule has 124 valence electrons. The van der Waals surface area contributed by atoms with Crippen LogP contribution in [-0.4, -0.2) is 48.2 Å². The average Bonchev–Trinajstić information content (AvgIpc) is 2.67. The van der Waals surface area contributed by atoms with Crippen LogP contribution in [0.25, 0.3) is 11.1 Å². The van der Waals surface area contributed by atoms with Gasteiger partial charge in [0.05, 0.1) is 19.3 Å². The molecule has 2 heterocycles. The van der Waals surface area contributed by atoms with E-state index in [0.29, 0.717) is 32.3 Å². The number of rotatable bonds is 5. The summed E-state index contributed by atoms with van der Waals surface area (Å²) in [6, 6.07) is 10.0. The van der Waals surface area contributed by atoms with Gasteiger partial charge in [-0.25, -0.2) is 9.97 Å². The molecular formula is C18H20N4O2. The van der Waals surface area contributed by atoms with Gasteiger partial charge in [-0.05, 0) is 11.6 Å². The maximum Gasteiger partial charge on any atom is 0.243 e. The minimum absolute atomic E-state index is 0.00484. The third kappa shape index (κ3) is 3.78. The topological polar surface area (TPSA) is 67.3 Å². The van der Waals surface area contributed by atoms with E-state index in [1.54, 1.807) is 0 Å². The van der Waals surface area contributed by atoms with Crippen LogP contribution in [0.15, 0.2) is 55.4 Å². The van der Waals surface area contributed by atoms with Gasteiger partial charge in [-0.1, -0.05) is 36.9 Å². The lowest BCUT2D eigenvalue weighted by Gasteiger charge is -2.35. The zero-order chi connectivity index (χ0) is 16.8. The van der Waals surface area contributed by atoms with E-state index in [0.717, 1.165) is 11.1 Å². The van der Waals surface area contributed by atoms with Crippen molar-refractivity contribution >= 4 is 11.9 Å². The highest BCUT2D eigenvalue weighted by molar-refractivity contribution is 5.86. The van der Waals surface area contributed by atoms with Crippen LogP contribution >= 0.6 is 0 Å². The molecule has 2 aromatic rings. The number of hydrogen-bond donors (Lipinski definition) is 1. The Morgan fingerprint density at radius 3 is 2.75 bits per heavy atom. The minimum Gasteiger partial charge on any atom is -0.377 e. The molecule has 1 aromatic carbocycles. The molecule has 1 saturated heterocycles. The Kier molecular flexibility index (Phi) is 5.18. The Morgan fingerprint density at radius 1 is 1.29 bits per heavy atom. The molecule has 0 spiro atoms. The van der Waals surface area contributed by atoms with Crippen molar-refractivity contribution in [1.82, 2.24) is 15.3 Å².